The van der Waals surface area contributed by atoms with E-state index in [1.807, 2.05) is 31.2 Å². The number of hydrogen-bond donors (Lipinski definition) is 1. The van der Waals surface area contributed by atoms with E-state index in [1.165, 1.54) is 6.07 Å². The molecule has 0 saturated carbocycles. The minimum absolute atomic E-state index is 0.216. The lowest BCUT2D eigenvalue weighted by molar-refractivity contribution is 0.0209. The second-order valence-corrected chi connectivity index (χ2v) is 5.27. The zero-order chi connectivity index (χ0) is 14.1. The second-order valence-electron chi connectivity index (χ2n) is 5.27. The largest absolute Gasteiger partial charge is 0.484 e. The highest BCUT2D eigenvalue weighted by atomic mass is 19.1. The van der Waals surface area contributed by atoms with Crippen molar-refractivity contribution in [3.63, 3.8) is 0 Å². The molecule has 3 heteroatoms. The first-order chi connectivity index (χ1) is 9.65. The lowest BCUT2D eigenvalue weighted by Crippen LogP contribution is -2.30. The fourth-order valence-corrected chi connectivity index (χ4v) is 2.69. The van der Waals surface area contributed by atoms with E-state index in [1.54, 1.807) is 12.1 Å². The molecule has 2 aromatic rings. The average molecular weight is 272 g/mol. The third-order valence-electron chi connectivity index (χ3n) is 3.79. The highest BCUT2D eigenvalue weighted by Crippen LogP contribution is 2.33. The number of aliphatic hydroxyl groups is 1. The van der Waals surface area contributed by atoms with Crippen LogP contribution < -0.4 is 4.74 Å². The molecular weight excluding hydrogens is 255 g/mol. The molecule has 0 amide bonds. The molecule has 20 heavy (non-hydrogen) atoms. The SMILES string of the molecule is Cc1ccc(F)c(OC2CCc3ccccc3C2O)c1. The number of aliphatic hydroxyl groups excluding tert-OH is 1. The first-order valence-corrected chi connectivity index (χ1v) is 6.84. The third-order valence-corrected chi connectivity index (χ3v) is 3.79. The van der Waals surface area contributed by atoms with Crippen LogP contribution in [0.3, 0.4) is 0 Å². The van der Waals surface area contributed by atoms with Crippen LogP contribution in [0, 0.1) is 12.7 Å². The molecule has 2 unspecified atom stereocenters. The second kappa shape index (κ2) is 5.25. The van der Waals surface area contributed by atoms with E-state index in [-0.39, 0.29) is 11.6 Å². The molecule has 0 heterocycles. The molecule has 0 spiro atoms. The molecule has 0 bridgehead atoms. The standard InChI is InChI=1S/C17H17FO2/c1-11-6-8-14(18)16(10-11)20-15-9-7-12-4-2-3-5-13(12)17(15)19/h2-6,8,10,15,17,19H,7,9H2,1H3. The lowest BCUT2D eigenvalue weighted by Gasteiger charge is -2.30. The topological polar surface area (TPSA) is 29.5 Å². The van der Waals surface area contributed by atoms with Crippen molar-refractivity contribution >= 4 is 0 Å². The van der Waals surface area contributed by atoms with Gasteiger partial charge in [-0.25, -0.2) is 4.39 Å². The maximum Gasteiger partial charge on any atom is 0.165 e. The first-order valence-electron chi connectivity index (χ1n) is 6.84. The Morgan fingerprint density at radius 1 is 1.20 bits per heavy atom. The van der Waals surface area contributed by atoms with Crippen LogP contribution in [-0.2, 0) is 6.42 Å². The van der Waals surface area contributed by atoms with Crippen molar-refractivity contribution < 1.29 is 14.2 Å². The molecule has 0 fully saturated rings. The summed E-state index contributed by atoms with van der Waals surface area (Å²) in [6.45, 7) is 1.89. The summed E-state index contributed by atoms with van der Waals surface area (Å²) in [5.41, 5.74) is 2.97. The molecule has 2 aromatic carbocycles. The van der Waals surface area contributed by atoms with Gasteiger partial charge in [-0.2, -0.15) is 0 Å². The van der Waals surface area contributed by atoms with Crippen LogP contribution in [0.5, 0.6) is 5.75 Å². The normalized spacial score (nSPS) is 21.4. The van der Waals surface area contributed by atoms with Crippen molar-refractivity contribution in [2.45, 2.75) is 32.0 Å². The van der Waals surface area contributed by atoms with Gasteiger partial charge in [-0.1, -0.05) is 30.3 Å². The van der Waals surface area contributed by atoms with Gasteiger partial charge in [0.2, 0.25) is 0 Å². The Kier molecular flexibility index (Phi) is 3.45. The first kappa shape index (κ1) is 13.1. The number of hydrogen-bond acceptors (Lipinski definition) is 2. The summed E-state index contributed by atoms with van der Waals surface area (Å²) in [6.07, 6.45) is 0.415. The molecule has 104 valence electrons. The van der Waals surface area contributed by atoms with E-state index in [4.69, 9.17) is 4.74 Å². The van der Waals surface area contributed by atoms with Crippen LogP contribution >= 0.6 is 0 Å². The van der Waals surface area contributed by atoms with E-state index in [0.717, 1.165) is 23.1 Å². The van der Waals surface area contributed by atoms with Crippen LogP contribution in [0.4, 0.5) is 4.39 Å². The summed E-state index contributed by atoms with van der Waals surface area (Å²) in [6, 6.07) is 12.6. The van der Waals surface area contributed by atoms with E-state index in [9.17, 15) is 9.50 Å². The van der Waals surface area contributed by atoms with Crippen molar-refractivity contribution in [2.75, 3.05) is 0 Å². The smallest absolute Gasteiger partial charge is 0.165 e. The summed E-state index contributed by atoms with van der Waals surface area (Å²) < 4.78 is 19.5. The van der Waals surface area contributed by atoms with Crippen LogP contribution in [0.2, 0.25) is 0 Å². The van der Waals surface area contributed by atoms with Gasteiger partial charge in [-0.05, 0) is 48.6 Å². The van der Waals surface area contributed by atoms with Crippen LogP contribution in [0.15, 0.2) is 42.5 Å². The molecule has 2 nitrogen and oxygen atoms in total. The number of rotatable bonds is 2. The highest BCUT2D eigenvalue weighted by Gasteiger charge is 2.29. The number of halogens is 1. The van der Waals surface area contributed by atoms with Crippen LogP contribution in [-0.4, -0.2) is 11.2 Å². The molecular formula is C17H17FO2. The van der Waals surface area contributed by atoms with E-state index >= 15 is 0 Å². The summed E-state index contributed by atoms with van der Waals surface area (Å²) in [5, 5.41) is 10.4. The Bertz CT molecular complexity index is 624. The number of aryl methyl sites for hydroxylation is 2. The molecule has 1 aliphatic rings. The van der Waals surface area contributed by atoms with Gasteiger partial charge in [0.05, 0.1) is 0 Å². The molecule has 0 radical (unpaired) electrons. The van der Waals surface area contributed by atoms with Crippen molar-refractivity contribution in [3.05, 3.63) is 65.0 Å². The van der Waals surface area contributed by atoms with Crippen molar-refractivity contribution in [1.29, 1.82) is 0 Å². The monoisotopic (exact) mass is 272 g/mol. The zero-order valence-electron chi connectivity index (χ0n) is 11.3. The number of benzene rings is 2. The Morgan fingerprint density at radius 2 is 2.00 bits per heavy atom. The fraction of sp³-hybridized carbons (Fsp3) is 0.294. The summed E-state index contributed by atoms with van der Waals surface area (Å²) in [4.78, 5) is 0. The average Bonchev–Trinajstić information content (AvgIpc) is 2.46. The van der Waals surface area contributed by atoms with E-state index in [2.05, 4.69) is 0 Å². The number of fused-ring (bicyclic) bond motifs is 1. The van der Waals surface area contributed by atoms with Gasteiger partial charge in [0.1, 0.15) is 12.2 Å². The minimum atomic E-state index is -0.708. The minimum Gasteiger partial charge on any atom is -0.484 e. The number of ether oxygens (including phenoxy) is 1. The van der Waals surface area contributed by atoms with Crippen LogP contribution in [0.1, 0.15) is 29.2 Å². The van der Waals surface area contributed by atoms with Gasteiger partial charge in [-0.15, -0.1) is 0 Å². The quantitative estimate of drug-likeness (QED) is 0.905. The Morgan fingerprint density at radius 3 is 2.85 bits per heavy atom. The Hall–Kier alpha value is -1.87. The maximum atomic E-state index is 13.7. The summed E-state index contributed by atoms with van der Waals surface area (Å²) in [5.74, 6) is -0.171. The molecule has 1 aliphatic carbocycles. The highest BCUT2D eigenvalue weighted by molar-refractivity contribution is 5.34. The maximum absolute atomic E-state index is 13.7. The van der Waals surface area contributed by atoms with Gasteiger partial charge < -0.3 is 9.84 Å². The summed E-state index contributed by atoms with van der Waals surface area (Å²) in [7, 11) is 0. The van der Waals surface area contributed by atoms with Crippen molar-refractivity contribution in [3.8, 4) is 5.75 Å². The molecule has 2 atom stereocenters. The molecule has 0 aliphatic heterocycles. The fourth-order valence-electron chi connectivity index (χ4n) is 2.69. The van der Waals surface area contributed by atoms with Crippen molar-refractivity contribution in [1.82, 2.24) is 0 Å². The van der Waals surface area contributed by atoms with Crippen LogP contribution in [0.25, 0.3) is 0 Å². The predicted molar refractivity (Wildman–Crippen MR) is 75.3 cm³/mol. The molecule has 0 saturated heterocycles. The third kappa shape index (κ3) is 2.41. The Labute approximate surface area is 117 Å². The lowest BCUT2D eigenvalue weighted by atomic mass is 9.87. The van der Waals surface area contributed by atoms with E-state index < -0.39 is 12.2 Å². The van der Waals surface area contributed by atoms with Gasteiger partial charge >= 0.3 is 0 Å². The predicted octanol–water partition coefficient (Wildman–Crippen LogP) is 3.56. The van der Waals surface area contributed by atoms with Gasteiger partial charge in [0.15, 0.2) is 11.6 Å². The summed E-state index contributed by atoms with van der Waals surface area (Å²) >= 11 is 0. The van der Waals surface area contributed by atoms with Crippen molar-refractivity contribution in [2.24, 2.45) is 0 Å². The zero-order valence-corrected chi connectivity index (χ0v) is 11.3. The molecule has 1 N–H and O–H groups in total. The van der Waals surface area contributed by atoms with Gasteiger partial charge in [0.25, 0.3) is 0 Å². The molecule has 0 aromatic heterocycles. The van der Waals surface area contributed by atoms with E-state index in [0.29, 0.717) is 6.42 Å². The Balaban J connectivity index is 1.84. The van der Waals surface area contributed by atoms with Gasteiger partial charge in [0, 0.05) is 0 Å². The van der Waals surface area contributed by atoms with Gasteiger partial charge in [-0.3, -0.25) is 0 Å². The molecule has 3 rings (SSSR count).